The van der Waals surface area contributed by atoms with E-state index in [0.717, 1.165) is 11.0 Å². The number of rotatable bonds is 5. The van der Waals surface area contributed by atoms with Crippen molar-refractivity contribution < 1.29 is 33.5 Å². The molecule has 2 heterocycles. The molecule has 2 aliphatic heterocycles. The summed E-state index contributed by atoms with van der Waals surface area (Å²) in [5, 5.41) is 11.1. The molecule has 28 heavy (non-hydrogen) atoms. The van der Waals surface area contributed by atoms with E-state index in [1.165, 1.54) is 24.3 Å². The standard InChI is InChI=1S/C18H12N2O8/c21-15(28-10-4-5-13-14(8-10)27-9-26-13)6-7-19-17(22)11-2-1-3-12(20(24)25)16(11)18(19)23/h1-5,8H,6-7,9H2. The molecule has 2 aromatic rings. The van der Waals surface area contributed by atoms with E-state index in [0.29, 0.717) is 11.5 Å². The number of benzene rings is 2. The molecular weight excluding hydrogens is 372 g/mol. The zero-order chi connectivity index (χ0) is 19.8. The lowest BCUT2D eigenvalue weighted by molar-refractivity contribution is -0.385. The topological polar surface area (TPSA) is 125 Å². The number of fused-ring (bicyclic) bond motifs is 2. The molecule has 0 bridgehead atoms. The molecule has 10 heteroatoms. The van der Waals surface area contributed by atoms with Crippen LogP contribution in [0.2, 0.25) is 0 Å². The van der Waals surface area contributed by atoms with Crippen molar-refractivity contribution in [1.29, 1.82) is 0 Å². The Kier molecular flexibility index (Phi) is 4.15. The molecule has 0 radical (unpaired) electrons. The average Bonchev–Trinajstić information content (AvgIpc) is 3.23. The van der Waals surface area contributed by atoms with Crippen LogP contribution < -0.4 is 14.2 Å². The van der Waals surface area contributed by atoms with Gasteiger partial charge >= 0.3 is 5.97 Å². The molecule has 2 aliphatic rings. The fourth-order valence-corrected chi connectivity index (χ4v) is 3.00. The lowest BCUT2D eigenvalue weighted by Crippen LogP contribution is -2.32. The summed E-state index contributed by atoms with van der Waals surface area (Å²) in [6.07, 6.45) is -0.270. The Bertz CT molecular complexity index is 1030. The maximum Gasteiger partial charge on any atom is 0.313 e. The van der Waals surface area contributed by atoms with Gasteiger partial charge in [-0.15, -0.1) is 0 Å². The highest BCUT2D eigenvalue weighted by Gasteiger charge is 2.40. The van der Waals surface area contributed by atoms with Gasteiger partial charge in [0.05, 0.1) is 16.9 Å². The van der Waals surface area contributed by atoms with Gasteiger partial charge in [-0.05, 0) is 18.2 Å². The molecule has 4 rings (SSSR count). The predicted octanol–water partition coefficient (Wildman–Crippen LogP) is 1.92. The number of amides is 2. The summed E-state index contributed by atoms with van der Waals surface area (Å²) in [4.78, 5) is 48.1. The molecule has 0 spiro atoms. The first kappa shape index (κ1) is 17.5. The molecule has 10 nitrogen and oxygen atoms in total. The number of nitro benzene ring substituents is 1. The van der Waals surface area contributed by atoms with Crippen LogP contribution in [0.5, 0.6) is 17.2 Å². The minimum absolute atomic E-state index is 0.0525. The van der Waals surface area contributed by atoms with Crippen LogP contribution in [0, 0.1) is 10.1 Å². The van der Waals surface area contributed by atoms with Gasteiger partial charge in [0.2, 0.25) is 6.79 Å². The number of hydrogen-bond donors (Lipinski definition) is 0. The molecule has 0 aromatic heterocycles. The second-order valence-electron chi connectivity index (χ2n) is 5.96. The Labute approximate surface area is 157 Å². The van der Waals surface area contributed by atoms with E-state index in [1.807, 2.05) is 0 Å². The largest absolute Gasteiger partial charge is 0.454 e. The molecule has 0 unspecified atom stereocenters. The maximum absolute atomic E-state index is 12.4. The number of hydrogen-bond acceptors (Lipinski definition) is 8. The molecule has 0 saturated heterocycles. The van der Waals surface area contributed by atoms with Crippen LogP contribution in [0.15, 0.2) is 36.4 Å². The van der Waals surface area contributed by atoms with Crippen molar-refractivity contribution in [3.8, 4) is 17.2 Å². The molecule has 0 fully saturated rings. The van der Waals surface area contributed by atoms with Crippen molar-refractivity contribution in [3.05, 3.63) is 57.6 Å². The summed E-state index contributed by atoms with van der Waals surface area (Å²) < 4.78 is 15.5. The van der Waals surface area contributed by atoms with Crippen LogP contribution in [0.3, 0.4) is 0 Å². The molecule has 0 aliphatic carbocycles. The average molecular weight is 384 g/mol. The lowest BCUT2D eigenvalue weighted by Gasteiger charge is -2.13. The quantitative estimate of drug-likeness (QED) is 0.252. The Hall–Kier alpha value is -3.95. The van der Waals surface area contributed by atoms with Crippen LogP contribution in [0.25, 0.3) is 0 Å². The number of carbonyl (C=O) groups excluding carboxylic acids is 3. The number of carbonyl (C=O) groups is 3. The molecule has 142 valence electrons. The predicted molar refractivity (Wildman–Crippen MR) is 91.3 cm³/mol. The third-order valence-electron chi connectivity index (χ3n) is 4.29. The van der Waals surface area contributed by atoms with Crippen LogP contribution in [-0.2, 0) is 4.79 Å². The monoisotopic (exact) mass is 384 g/mol. The smallest absolute Gasteiger partial charge is 0.313 e. The normalized spacial score (nSPS) is 14.2. The highest BCUT2D eigenvalue weighted by Crippen LogP contribution is 2.35. The summed E-state index contributed by atoms with van der Waals surface area (Å²) in [6.45, 7) is -0.175. The fraction of sp³-hybridized carbons (Fsp3) is 0.167. The van der Waals surface area contributed by atoms with Gasteiger partial charge in [0, 0.05) is 18.7 Å². The molecular formula is C18H12N2O8. The highest BCUT2D eigenvalue weighted by atomic mass is 16.7. The number of imide groups is 1. The highest BCUT2D eigenvalue weighted by molar-refractivity contribution is 6.23. The van der Waals surface area contributed by atoms with Gasteiger partial charge < -0.3 is 14.2 Å². The van der Waals surface area contributed by atoms with Crippen molar-refractivity contribution in [2.45, 2.75) is 6.42 Å². The summed E-state index contributed by atoms with van der Waals surface area (Å²) >= 11 is 0. The van der Waals surface area contributed by atoms with Crippen LogP contribution in [0.1, 0.15) is 27.1 Å². The third-order valence-corrected chi connectivity index (χ3v) is 4.29. The van der Waals surface area contributed by atoms with Crippen molar-refractivity contribution in [2.24, 2.45) is 0 Å². The minimum Gasteiger partial charge on any atom is -0.454 e. The van der Waals surface area contributed by atoms with Gasteiger partial charge in [-0.25, -0.2) is 0 Å². The summed E-state index contributed by atoms with van der Waals surface area (Å²) in [5.74, 6) is -0.953. The molecule has 0 N–H and O–H groups in total. The second kappa shape index (κ2) is 6.65. The maximum atomic E-state index is 12.4. The Morgan fingerprint density at radius 3 is 2.71 bits per heavy atom. The summed E-state index contributed by atoms with van der Waals surface area (Å²) in [5.41, 5.74) is -0.758. The zero-order valence-electron chi connectivity index (χ0n) is 14.2. The number of nitro groups is 1. The SMILES string of the molecule is O=C(CCN1C(=O)c2cccc([N+](=O)[O-])c2C1=O)Oc1ccc2c(c1)OCO2. The van der Waals surface area contributed by atoms with E-state index < -0.39 is 28.4 Å². The van der Waals surface area contributed by atoms with Crippen molar-refractivity contribution in [2.75, 3.05) is 13.3 Å². The van der Waals surface area contributed by atoms with E-state index in [4.69, 9.17) is 14.2 Å². The number of nitrogens with zero attached hydrogens (tertiary/aromatic N) is 2. The first-order valence-electron chi connectivity index (χ1n) is 8.19. The van der Waals surface area contributed by atoms with E-state index in [2.05, 4.69) is 0 Å². The molecule has 0 atom stereocenters. The Morgan fingerprint density at radius 1 is 1.14 bits per heavy atom. The van der Waals surface area contributed by atoms with Crippen molar-refractivity contribution in [1.82, 2.24) is 4.90 Å². The first-order valence-corrected chi connectivity index (χ1v) is 8.19. The van der Waals surface area contributed by atoms with Crippen molar-refractivity contribution in [3.63, 3.8) is 0 Å². The van der Waals surface area contributed by atoms with E-state index >= 15 is 0 Å². The fourth-order valence-electron chi connectivity index (χ4n) is 3.00. The minimum atomic E-state index is -0.803. The summed E-state index contributed by atoms with van der Waals surface area (Å²) in [6, 6.07) is 8.44. The second-order valence-corrected chi connectivity index (χ2v) is 5.96. The molecule has 2 amide bonds. The van der Waals surface area contributed by atoms with Crippen molar-refractivity contribution >= 4 is 23.5 Å². The van der Waals surface area contributed by atoms with Gasteiger partial charge in [0.15, 0.2) is 11.5 Å². The van der Waals surface area contributed by atoms with Gasteiger partial charge in [0.1, 0.15) is 11.3 Å². The molecule has 0 saturated carbocycles. The number of esters is 1. The van der Waals surface area contributed by atoms with Gasteiger partial charge in [-0.1, -0.05) is 6.07 Å². The van der Waals surface area contributed by atoms with Gasteiger partial charge in [0.25, 0.3) is 17.5 Å². The zero-order valence-corrected chi connectivity index (χ0v) is 14.2. The third kappa shape index (κ3) is 2.90. The number of ether oxygens (including phenoxy) is 3. The van der Waals surface area contributed by atoms with E-state index in [9.17, 15) is 24.5 Å². The van der Waals surface area contributed by atoms with Gasteiger partial charge in [-0.3, -0.25) is 29.4 Å². The van der Waals surface area contributed by atoms with Crippen LogP contribution >= 0.6 is 0 Å². The van der Waals surface area contributed by atoms with E-state index in [-0.39, 0.29) is 36.6 Å². The molecule has 2 aromatic carbocycles. The van der Waals surface area contributed by atoms with Gasteiger partial charge in [-0.2, -0.15) is 0 Å². The Balaban J connectivity index is 1.43. The lowest BCUT2D eigenvalue weighted by atomic mass is 10.1. The summed E-state index contributed by atoms with van der Waals surface area (Å²) in [7, 11) is 0. The van der Waals surface area contributed by atoms with Crippen LogP contribution in [-0.4, -0.2) is 40.9 Å². The first-order chi connectivity index (χ1) is 13.5. The van der Waals surface area contributed by atoms with E-state index in [1.54, 1.807) is 6.07 Å². The Morgan fingerprint density at radius 2 is 1.93 bits per heavy atom. The van der Waals surface area contributed by atoms with Crippen LogP contribution in [0.4, 0.5) is 5.69 Å².